The third kappa shape index (κ3) is 3.15. The number of para-hydroxylation sites is 2. The van der Waals surface area contributed by atoms with Gasteiger partial charge in [0, 0.05) is 13.1 Å². The lowest BCUT2D eigenvalue weighted by Gasteiger charge is -2.37. The maximum atomic E-state index is 12.7. The van der Waals surface area contributed by atoms with E-state index in [1.165, 1.54) is 4.31 Å². The molecule has 0 aromatic heterocycles. The van der Waals surface area contributed by atoms with Crippen LogP contribution in [0.3, 0.4) is 0 Å². The predicted octanol–water partition coefficient (Wildman–Crippen LogP) is 1.62. The minimum Gasteiger partial charge on any atom is -0.476 e. The third-order valence-corrected chi connectivity index (χ3v) is 6.13. The number of benzene rings is 1. The predicted molar refractivity (Wildman–Crippen MR) is 88.1 cm³/mol. The Morgan fingerprint density at radius 2 is 1.91 bits per heavy atom. The van der Waals surface area contributed by atoms with Crippen LogP contribution in [-0.4, -0.2) is 50.7 Å². The van der Waals surface area contributed by atoms with Crippen LogP contribution >= 0.6 is 0 Å². The number of likely N-dealkylation sites (tertiary alicyclic amines) is 1. The summed E-state index contributed by atoms with van der Waals surface area (Å²) in [5.74, 6) is 0.327. The fourth-order valence-electron chi connectivity index (χ4n) is 3.07. The molecule has 1 amide bonds. The molecule has 2 aliphatic rings. The molecule has 1 aromatic rings. The van der Waals surface area contributed by atoms with E-state index in [9.17, 15) is 13.2 Å². The Bertz CT molecular complexity index is 683. The van der Waals surface area contributed by atoms with Gasteiger partial charge in [-0.25, -0.2) is 8.42 Å². The SMILES string of the molecule is CCS(=O)(=O)N1C[C@H](C(=O)N2CCCCC2)Oc2ccccc21. The summed E-state index contributed by atoms with van der Waals surface area (Å²) < 4.78 is 32.0. The van der Waals surface area contributed by atoms with Crippen LogP contribution in [0, 0.1) is 0 Å². The minimum absolute atomic E-state index is 0.00798. The summed E-state index contributed by atoms with van der Waals surface area (Å²) in [6.07, 6.45) is 2.34. The smallest absolute Gasteiger partial charge is 0.265 e. The van der Waals surface area contributed by atoms with Crippen LogP contribution in [-0.2, 0) is 14.8 Å². The van der Waals surface area contributed by atoms with Crippen LogP contribution in [0.1, 0.15) is 26.2 Å². The zero-order valence-electron chi connectivity index (χ0n) is 13.3. The summed E-state index contributed by atoms with van der Waals surface area (Å²) in [6.45, 7) is 3.10. The number of carbonyl (C=O) groups excluding carboxylic acids is 1. The number of hydrogen-bond donors (Lipinski definition) is 0. The minimum atomic E-state index is -3.45. The van der Waals surface area contributed by atoms with E-state index in [-0.39, 0.29) is 18.2 Å². The zero-order valence-corrected chi connectivity index (χ0v) is 14.1. The van der Waals surface area contributed by atoms with Crippen molar-refractivity contribution in [3.05, 3.63) is 24.3 Å². The topological polar surface area (TPSA) is 66.9 Å². The molecule has 0 radical (unpaired) electrons. The summed E-state index contributed by atoms with van der Waals surface area (Å²) in [7, 11) is -3.45. The average molecular weight is 338 g/mol. The number of amides is 1. The number of sulfonamides is 1. The van der Waals surface area contributed by atoms with Crippen molar-refractivity contribution in [3.63, 3.8) is 0 Å². The van der Waals surface area contributed by atoms with Crippen molar-refractivity contribution < 1.29 is 17.9 Å². The summed E-state index contributed by atoms with van der Waals surface area (Å²) >= 11 is 0. The first-order valence-corrected chi connectivity index (χ1v) is 9.68. The van der Waals surface area contributed by atoms with Crippen molar-refractivity contribution in [2.45, 2.75) is 32.3 Å². The number of anilines is 1. The Morgan fingerprint density at radius 3 is 2.61 bits per heavy atom. The lowest BCUT2D eigenvalue weighted by atomic mass is 10.1. The van der Waals surface area contributed by atoms with E-state index in [4.69, 9.17) is 4.74 Å². The molecule has 1 saturated heterocycles. The number of ether oxygens (including phenoxy) is 1. The molecule has 3 rings (SSSR count). The molecule has 2 aliphatic heterocycles. The van der Waals surface area contributed by atoms with Gasteiger partial charge in [0.15, 0.2) is 6.10 Å². The molecule has 1 fully saturated rings. The van der Waals surface area contributed by atoms with Gasteiger partial charge in [-0.15, -0.1) is 0 Å². The zero-order chi connectivity index (χ0) is 16.4. The average Bonchev–Trinajstić information content (AvgIpc) is 2.60. The number of fused-ring (bicyclic) bond motifs is 1. The van der Waals surface area contributed by atoms with Gasteiger partial charge in [0.05, 0.1) is 18.0 Å². The summed E-state index contributed by atoms with van der Waals surface area (Å²) in [6, 6.07) is 6.98. The standard InChI is InChI=1S/C16H22N2O4S/c1-2-23(20,21)18-12-15(16(19)17-10-6-3-7-11-17)22-14-9-5-4-8-13(14)18/h4-5,8-9,15H,2-3,6-7,10-12H2,1H3/t15-/m1/s1. The third-order valence-electron chi connectivity index (χ3n) is 4.38. The number of nitrogens with zero attached hydrogens (tertiary/aromatic N) is 2. The lowest BCUT2D eigenvalue weighted by Crippen LogP contribution is -2.53. The van der Waals surface area contributed by atoms with Crippen molar-refractivity contribution in [3.8, 4) is 5.75 Å². The Labute approximate surface area is 137 Å². The molecule has 0 saturated carbocycles. The van der Waals surface area contributed by atoms with Gasteiger partial charge in [0.2, 0.25) is 10.0 Å². The van der Waals surface area contributed by atoms with Crippen molar-refractivity contribution in [2.24, 2.45) is 0 Å². The Morgan fingerprint density at radius 1 is 1.22 bits per heavy atom. The highest BCUT2D eigenvalue weighted by atomic mass is 32.2. The van der Waals surface area contributed by atoms with Gasteiger partial charge in [0.1, 0.15) is 5.75 Å². The van der Waals surface area contributed by atoms with Crippen molar-refractivity contribution >= 4 is 21.6 Å². The summed E-state index contributed by atoms with van der Waals surface area (Å²) in [5.41, 5.74) is 0.511. The van der Waals surface area contributed by atoms with Crippen molar-refractivity contribution in [1.29, 1.82) is 0 Å². The van der Waals surface area contributed by atoms with Crippen LogP contribution in [0.15, 0.2) is 24.3 Å². The first kappa shape index (κ1) is 16.1. The maximum absolute atomic E-state index is 12.7. The van der Waals surface area contributed by atoms with Gasteiger partial charge < -0.3 is 9.64 Å². The molecule has 1 aromatic carbocycles. The molecule has 0 unspecified atom stereocenters. The van der Waals surface area contributed by atoms with Crippen LogP contribution < -0.4 is 9.04 Å². The van der Waals surface area contributed by atoms with Crippen LogP contribution in [0.5, 0.6) is 5.75 Å². The maximum Gasteiger partial charge on any atom is 0.265 e. The van der Waals surface area contributed by atoms with Gasteiger partial charge in [-0.2, -0.15) is 0 Å². The molecular weight excluding hydrogens is 316 g/mol. The van der Waals surface area contributed by atoms with Crippen molar-refractivity contribution in [2.75, 3.05) is 29.7 Å². The van der Waals surface area contributed by atoms with E-state index in [1.807, 2.05) is 0 Å². The van der Waals surface area contributed by atoms with Crippen LogP contribution in [0.4, 0.5) is 5.69 Å². The normalized spacial score (nSPS) is 21.5. The largest absolute Gasteiger partial charge is 0.476 e. The molecule has 0 spiro atoms. The summed E-state index contributed by atoms with van der Waals surface area (Å²) in [4.78, 5) is 14.5. The number of piperidine rings is 1. The highest BCUT2D eigenvalue weighted by molar-refractivity contribution is 7.92. The molecule has 7 heteroatoms. The second-order valence-electron chi connectivity index (χ2n) is 5.89. The van der Waals surface area contributed by atoms with Gasteiger partial charge in [-0.1, -0.05) is 12.1 Å². The van der Waals surface area contributed by atoms with E-state index in [0.717, 1.165) is 32.4 Å². The molecule has 23 heavy (non-hydrogen) atoms. The van der Waals surface area contributed by atoms with E-state index in [1.54, 1.807) is 36.1 Å². The van der Waals surface area contributed by atoms with Crippen molar-refractivity contribution in [1.82, 2.24) is 4.90 Å². The highest BCUT2D eigenvalue weighted by Crippen LogP contribution is 2.35. The number of hydrogen-bond acceptors (Lipinski definition) is 4. The van der Waals surface area contributed by atoms with Gasteiger partial charge in [-0.3, -0.25) is 9.10 Å². The van der Waals surface area contributed by atoms with E-state index in [0.29, 0.717) is 11.4 Å². The second-order valence-corrected chi connectivity index (χ2v) is 8.07. The second kappa shape index (κ2) is 6.39. The Hall–Kier alpha value is -1.76. The van der Waals surface area contributed by atoms with E-state index < -0.39 is 16.1 Å². The fourth-order valence-corrected chi connectivity index (χ4v) is 4.19. The Kier molecular flexibility index (Phi) is 4.48. The molecule has 2 heterocycles. The number of carbonyl (C=O) groups is 1. The van der Waals surface area contributed by atoms with Crippen LogP contribution in [0.2, 0.25) is 0 Å². The van der Waals surface area contributed by atoms with Gasteiger partial charge >= 0.3 is 0 Å². The fraction of sp³-hybridized carbons (Fsp3) is 0.562. The van der Waals surface area contributed by atoms with E-state index >= 15 is 0 Å². The molecule has 0 N–H and O–H groups in total. The first-order valence-electron chi connectivity index (χ1n) is 8.08. The summed E-state index contributed by atoms with van der Waals surface area (Å²) in [5, 5.41) is 0. The quantitative estimate of drug-likeness (QED) is 0.840. The van der Waals surface area contributed by atoms with Gasteiger partial charge in [-0.05, 0) is 38.3 Å². The highest BCUT2D eigenvalue weighted by Gasteiger charge is 2.37. The monoisotopic (exact) mass is 338 g/mol. The van der Waals surface area contributed by atoms with Crippen LogP contribution in [0.25, 0.3) is 0 Å². The van der Waals surface area contributed by atoms with E-state index in [2.05, 4.69) is 0 Å². The molecular formula is C16H22N2O4S. The molecule has 6 nitrogen and oxygen atoms in total. The lowest BCUT2D eigenvalue weighted by molar-refractivity contribution is -0.139. The van der Waals surface area contributed by atoms with Gasteiger partial charge in [0.25, 0.3) is 5.91 Å². The molecule has 126 valence electrons. The molecule has 0 bridgehead atoms. The Balaban J connectivity index is 1.89. The number of rotatable bonds is 3. The first-order chi connectivity index (χ1) is 11.0. The molecule has 0 aliphatic carbocycles. The molecule has 1 atom stereocenters.